The molecular formula is C9H15N3O2S. The van der Waals surface area contributed by atoms with Crippen LogP contribution in [0.5, 0.6) is 0 Å². The van der Waals surface area contributed by atoms with E-state index in [-0.39, 0.29) is 17.5 Å². The van der Waals surface area contributed by atoms with Crippen molar-refractivity contribution in [3.8, 4) is 0 Å². The minimum Gasteiger partial charge on any atom is -0.399 e. The first-order valence-corrected chi connectivity index (χ1v) is 6.02. The van der Waals surface area contributed by atoms with E-state index >= 15 is 0 Å². The standard InChI is InChI=1S/C9H15N3O2S/c1-7(6-10)12-15(13,14)9-4-2-8(11)3-5-9/h2-5,7,12H,6,10-11H2,1H3. The van der Waals surface area contributed by atoms with Crippen LogP contribution in [0.2, 0.25) is 0 Å². The molecule has 15 heavy (non-hydrogen) atoms. The van der Waals surface area contributed by atoms with Crippen LogP contribution in [0.15, 0.2) is 29.2 Å². The van der Waals surface area contributed by atoms with Gasteiger partial charge in [-0.3, -0.25) is 0 Å². The van der Waals surface area contributed by atoms with Crippen LogP contribution in [0.4, 0.5) is 5.69 Å². The van der Waals surface area contributed by atoms with E-state index in [4.69, 9.17) is 11.5 Å². The summed E-state index contributed by atoms with van der Waals surface area (Å²) in [4.78, 5) is 0.192. The largest absolute Gasteiger partial charge is 0.399 e. The van der Waals surface area contributed by atoms with Crippen LogP contribution in [-0.4, -0.2) is 21.0 Å². The molecule has 0 aromatic heterocycles. The zero-order valence-electron chi connectivity index (χ0n) is 8.47. The predicted octanol–water partition coefficient (Wildman–Crippen LogP) is -0.106. The maximum atomic E-state index is 11.7. The Balaban J connectivity index is 2.91. The van der Waals surface area contributed by atoms with E-state index in [1.54, 1.807) is 19.1 Å². The fourth-order valence-electron chi connectivity index (χ4n) is 1.03. The first-order chi connectivity index (χ1) is 6.95. The molecule has 0 bridgehead atoms. The number of hydrogen-bond donors (Lipinski definition) is 3. The van der Waals surface area contributed by atoms with E-state index in [1.165, 1.54) is 12.1 Å². The first-order valence-electron chi connectivity index (χ1n) is 4.53. The summed E-state index contributed by atoms with van der Waals surface area (Å²) < 4.78 is 25.9. The highest BCUT2D eigenvalue weighted by Crippen LogP contribution is 2.11. The lowest BCUT2D eigenvalue weighted by Gasteiger charge is -2.11. The van der Waals surface area contributed by atoms with Gasteiger partial charge < -0.3 is 11.5 Å². The third-order valence-corrected chi connectivity index (χ3v) is 3.51. The molecule has 1 atom stereocenters. The van der Waals surface area contributed by atoms with Crippen LogP contribution < -0.4 is 16.2 Å². The number of hydrogen-bond acceptors (Lipinski definition) is 4. The smallest absolute Gasteiger partial charge is 0.240 e. The second-order valence-electron chi connectivity index (χ2n) is 3.33. The fraction of sp³-hybridized carbons (Fsp3) is 0.333. The molecule has 84 valence electrons. The normalized spacial score (nSPS) is 13.7. The Bertz CT molecular complexity index is 413. The topological polar surface area (TPSA) is 98.2 Å². The minimum absolute atomic E-state index is 0.192. The number of nitrogens with one attached hydrogen (secondary N) is 1. The Morgan fingerprint density at radius 1 is 1.33 bits per heavy atom. The average molecular weight is 229 g/mol. The SMILES string of the molecule is CC(CN)NS(=O)(=O)c1ccc(N)cc1. The van der Waals surface area contributed by atoms with Crippen LogP contribution in [0.1, 0.15) is 6.92 Å². The highest BCUT2D eigenvalue weighted by Gasteiger charge is 2.15. The van der Waals surface area contributed by atoms with Gasteiger partial charge in [0.25, 0.3) is 0 Å². The summed E-state index contributed by atoms with van der Waals surface area (Å²) in [6.07, 6.45) is 0. The molecule has 0 saturated carbocycles. The molecule has 0 aliphatic heterocycles. The predicted molar refractivity (Wildman–Crippen MR) is 59.7 cm³/mol. The Morgan fingerprint density at radius 3 is 2.33 bits per heavy atom. The van der Waals surface area contributed by atoms with Crippen molar-refractivity contribution in [3.05, 3.63) is 24.3 Å². The van der Waals surface area contributed by atoms with Crippen molar-refractivity contribution in [2.75, 3.05) is 12.3 Å². The molecule has 1 aromatic rings. The molecule has 0 heterocycles. The van der Waals surface area contributed by atoms with Crippen molar-refractivity contribution >= 4 is 15.7 Å². The minimum atomic E-state index is -3.47. The van der Waals surface area contributed by atoms with Gasteiger partial charge in [0.05, 0.1) is 4.90 Å². The van der Waals surface area contributed by atoms with Gasteiger partial charge in [-0.25, -0.2) is 13.1 Å². The highest BCUT2D eigenvalue weighted by atomic mass is 32.2. The maximum absolute atomic E-state index is 11.7. The molecular weight excluding hydrogens is 214 g/mol. The zero-order valence-corrected chi connectivity index (χ0v) is 9.29. The lowest BCUT2D eigenvalue weighted by Crippen LogP contribution is -2.37. The van der Waals surface area contributed by atoms with Crippen LogP contribution in [0.3, 0.4) is 0 Å². The van der Waals surface area contributed by atoms with E-state index in [9.17, 15) is 8.42 Å². The molecule has 0 aliphatic rings. The van der Waals surface area contributed by atoms with Crippen molar-refractivity contribution in [2.45, 2.75) is 17.9 Å². The summed E-state index contributed by atoms with van der Waals surface area (Å²) in [5.74, 6) is 0. The van der Waals surface area contributed by atoms with Gasteiger partial charge in [-0.05, 0) is 31.2 Å². The lowest BCUT2D eigenvalue weighted by atomic mass is 10.3. The Kier molecular flexibility index (Phi) is 3.67. The first kappa shape index (κ1) is 12.0. The average Bonchev–Trinajstić information content (AvgIpc) is 2.17. The molecule has 1 unspecified atom stereocenters. The number of benzene rings is 1. The zero-order chi connectivity index (χ0) is 11.5. The Hall–Kier alpha value is -1.11. The maximum Gasteiger partial charge on any atom is 0.240 e. The van der Waals surface area contributed by atoms with Gasteiger partial charge in [0.15, 0.2) is 0 Å². The summed E-state index contributed by atoms with van der Waals surface area (Å²) >= 11 is 0. The molecule has 0 spiro atoms. The molecule has 5 nitrogen and oxygen atoms in total. The summed E-state index contributed by atoms with van der Waals surface area (Å²) in [5.41, 5.74) is 11.3. The van der Waals surface area contributed by atoms with Crippen molar-refractivity contribution in [1.82, 2.24) is 4.72 Å². The van der Waals surface area contributed by atoms with E-state index in [0.717, 1.165) is 0 Å². The van der Waals surface area contributed by atoms with E-state index in [2.05, 4.69) is 4.72 Å². The second-order valence-corrected chi connectivity index (χ2v) is 5.04. The summed E-state index contributed by atoms with van der Waals surface area (Å²) in [6, 6.07) is 5.72. The Morgan fingerprint density at radius 2 is 1.87 bits per heavy atom. The molecule has 0 radical (unpaired) electrons. The molecule has 6 heteroatoms. The van der Waals surface area contributed by atoms with Crippen molar-refractivity contribution in [1.29, 1.82) is 0 Å². The van der Waals surface area contributed by atoms with Gasteiger partial charge in [-0.2, -0.15) is 0 Å². The number of rotatable bonds is 4. The summed E-state index contributed by atoms with van der Waals surface area (Å²) in [5, 5.41) is 0. The van der Waals surface area contributed by atoms with E-state index in [0.29, 0.717) is 5.69 Å². The van der Waals surface area contributed by atoms with Crippen LogP contribution >= 0.6 is 0 Å². The number of nitrogens with two attached hydrogens (primary N) is 2. The van der Waals surface area contributed by atoms with Crippen molar-refractivity contribution in [3.63, 3.8) is 0 Å². The highest BCUT2D eigenvalue weighted by molar-refractivity contribution is 7.89. The van der Waals surface area contributed by atoms with Crippen molar-refractivity contribution in [2.24, 2.45) is 5.73 Å². The van der Waals surface area contributed by atoms with Gasteiger partial charge in [0, 0.05) is 18.3 Å². The molecule has 0 aliphatic carbocycles. The van der Waals surface area contributed by atoms with Gasteiger partial charge >= 0.3 is 0 Å². The fourth-order valence-corrected chi connectivity index (χ4v) is 2.28. The Labute approximate surface area is 89.5 Å². The molecule has 1 rings (SSSR count). The van der Waals surface area contributed by atoms with Gasteiger partial charge in [0.1, 0.15) is 0 Å². The van der Waals surface area contributed by atoms with Crippen LogP contribution in [0, 0.1) is 0 Å². The third-order valence-electron chi connectivity index (χ3n) is 1.90. The van der Waals surface area contributed by atoms with Crippen LogP contribution in [0.25, 0.3) is 0 Å². The lowest BCUT2D eigenvalue weighted by molar-refractivity contribution is 0.562. The number of nitrogen functional groups attached to an aromatic ring is 1. The molecule has 1 aromatic carbocycles. The molecule has 0 saturated heterocycles. The molecule has 0 fully saturated rings. The third kappa shape index (κ3) is 3.19. The van der Waals surface area contributed by atoms with Crippen molar-refractivity contribution < 1.29 is 8.42 Å². The van der Waals surface area contributed by atoms with E-state index in [1.807, 2.05) is 0 Å². The van der Waals surface area contributed by atoms with E-state index < -0.39 is 10.0 Å². The van der Waals surface area contributed by atoms with Crippen LogP contribution in [-0.2, 0) is 10.0 Å². The van der Waals surface area contributed by atoms with Gasteiger partial charge in [0.2, 0.25) is 10.0 Å². The monoisotopic (exact) mass is 229 g/mol. The number of sulfonamides is 1. The van der Waals surface area contributed by atoms with Gasteiger partial charge in [-0.15, -0.1) is 0 Å². The summed E-state index contributed by atoms with van der Waals surface area (Å²) in [6.45, 7) is 1.96. The number of anilines is 1. The second kappa shape index (κ2) is 4.61. The molecule has 5 N–H and O–H groups in total. The quantitative estimate of drug-likeness (QED) is 0.628. The summed E-state index contributed by atoms with van der Waals surface area (Å²) in [7, 11) is -3.47. The van der Waals surface area contributed by atoms with Gasteiger partial charge in [-0.1, -0.05) is 0 Å². The molecule has 0 amide bonds.